The molecule has 2 rings (SSSR count). The maximum Gasteiger partial charge on any atom is 0.236 e. The first-order chi connectivity index (χ1) is 9.69. The zero-order valence-corrected chi connectivity index (χ0v) is 12.2. The molecule has 0 fully saturated rings. The summed E-state index contributed by atoms with van der Waals surface area (Å²) in [4.78, 5) is 17.0. The summed E-state index contributed by atoms with van der Waals surface area (Å²) in [6.07, 6.45) is 2.42. The minimum absolute atomic E-state index is 0.0826. The van der Waals surface area contributed by atoms with E-state index in [1.54, 1.807) is 11.3 Å². The molecule has 6 heteroatoms. The molecular weight excluding hydrogens is 276 g/mol. The van der Waals surface area contributed by atoms with Crippen LogP contribution in [0.2, 0.25) is 0 Å². The number of aliphatic hydroxyl groups is 1. The molecule has 2 aromatic heterocycles. The number of nitrogens with one attached hydrogen (secondary N) is 1. The number of hydrogen-bond donors (Lipinski definition) is 2. The Morgan fingerprint density at radius 3 is 3.15 bits per heavy atom. The number of carbonyl (C=O) groups excluding carboxylic acids is 1. The van der Waals surface area contributed by atoms with Gasteiger partial charge in [-0.25, -0.2) is 4.98 Å². The molecule has 0 bridgehead atoms. The second-order valence-electron chi connectivity index (χ2n) is 4.72. The Kier molecular flexibility index (Phi) is 5.31. The summed E-state index contributed by atoms with van der Waals surface area (Å²) in [5.74, 6) is 0.736. The van der Waals surface area contributed by atoms with Crippen LogP contribution >= 0.6 is 11.3 Å². The normalized spacial score (nSPS) is 12.3. The van der Waals surface area contributed by atoms with Crippen LogP contribution in [-0.2, 0) is 11.2 Å². The fourth-order valence-electron chi connectivity index (χ4n) is 1.74. The SMILES string of the molecule is CC(CCO)CNC(=O)Cc1coc(-c2cccs2)n1. The molecule has 0 aliphatic rings. The van der Waals surface area contributed by atoms with Crippen LogP contribution in [0.25, 0.3) is 10.8 Å². The van der Waals surface area contributed by atoms with Gasteiger partial charge in [0.05, 0.1) is 17.0 Å². The Morgan fingerprint density at radius 2 is 2.45 bits per heavy atom. The summed E-state index contributed by atoms with van der Waals surface area (Å²) in [5, 5.41) is 13.6. The van der Waals surface area contributed by atoms with E-state index in [1.807, 2.05) is 24.4 Å². The molecule has 2 aromatic rings. The highest BCUT2D eigenvalue weighted by Crippen LogP contribution is 2.23. The van der Waals surface area contributed by atoms with Crippen LogP contribution in [0.15, 0.2) is 28.2 Å². The number of nitrogens with zero attached hydrogens (tertiary/aromatic N) is 1. The van der Waals surface area contributed by atoms with Gasteiger partial charge in [0.2, 0.25) is 11.8 Å². The van der Waals surface area contributed by atoms with Crippen LogP contribution in [0, 0.1) is 5.92 Å². The number of hydrogen-bond acceptors (Lipinski definition) is 5. The molecule has 1 amide bonds. The van der Waals surface area contributed by atoms with Gasteiger partial charge in [-0.3, -0.25) is 4.79 Å². The van der Waals surface area contributed by atoms with Crippen LogP contribution in [0.3, 0.4) is 0 Å². The molecule has 0 aliphatic heterocycles. The van der Waals surface area contributed by atoms with E-state index in [-0.39, 0.29) is 24.9 Å². The van der Waals surface area contributed by atoms with Crippen LogP contribution in [0.1, 0.15) is 19.0 Å². The molecule has 0 saturated heterocycles. The third-order valence-corrected chi connectivity index (χ3v) is 3.75. The van der Waals surface area contributed by atoms with Gasteiger partial charge in [0.1, 0.15) is 6.26 Å². The Morgan fingerprint density at radius 1 is 1.60 bits per heavy atom. The molecule has 0 spiro atoms. The predicted molar refractivity (Wildman–Crippen MR) is 77.4 cm³/mol. The Bertz CT molecular complexity index is 536. The molecular formula is C14H18N2O3S. The van der Waals surface area contributed by atoms with Crippen molar-refractivity contribution in [3.05, 3.63) is 29.5 Å². The van der Waals surface area contributed by atoms with Gasteiger partial charge in [0.25, 0.3) is 0 Å². The summed E-state index contributed by atoms with van der Waals surface area (Å²) >= 11 is 1.55. The number of aromatic nitrogens is 1. The Labute approximate surface area is 121 Å². The number of rotatable bonds is 7. The highest BCUT2D eigenvalue weighted by molar-refractivity contribution is 7.13. The highest BCUT2D eigenvalue weighted by atomic mass is 32.1. The minimum Gasteiger partial charge on any atom is -0.444 e. The van der Waals surface area contributed by atoms with E-state index in [0.29, 0.717) is 24.6 Å². The lowest BCUT2D eigenvalue weighted by Crippen LogP contribution is -2.30. The van der Waals surface area contributed by atoms with Gasteiger partial charge in [-0.15, -0.1) is 11.3 Å². The highest BCUT2D eigenvalue weighted by Gasteiger charge is 2.11. The molecule has 0 radical (unpaired) electrons. The molecule has 1 unspecified atom stereocenters. The van der Waals surface area contributed by atoms with Crippen molar-refractivity contribution in [1.82, 2.24) is 10.3 Å². The maximum atomic E-state index is 11.8. The fraction of sp³-hybridized carbons (Fsp3) is 0.429. The first-order valence-corrected chi connectivity index (χ1v) is 7.43. The van der Waals surface area contributed by atoms with Crippen molar-refractivity contribution in [1.29, 1.82) is 0 Å². The molecule has 108 valence electrons. The standard InChI is InChI=1S/C14H18N2O3S/c1-10(4-5-17)8-15-13(18)7-11-9-19-14(16-11)12-3-2-6-20-12/h2-3,6,9-10,17H,4-5,7-8H2,1H3,(H,15,18). The van der Waals surface area contributed by atoms with Gasteiger partial charge in [-0.1, -0.05) is 13.0 Å². The van der Waals surface area contributed by atoms with Crippen molar-refractivity contribution in [2.45, 2.75) is 19.8 Å². The molecule has 5 nitrogen and oxygen atoms in total. The first kappa shape index (κ1) is 14.7. The van der Waals surface area contributed by atoms with E-state index in [1.165, 1.54) is 6.26 Å². The summed E-state index contributed by atoms with van der Waals surface area (Å²) in [6, 6.07) is 3.86. The monoisotopic (exact) mass is 294 g/mol. The summed E-state index contributed by atoms with van der Waals surface area (Å²) in [7, 11) is 0. The van der Waals surface area contributed by atoms with Crippen molar-refractivity contribution in [2.24, 2.45) is 5.92 Å². The summed E-state index contributed by atoms with van der Waals surface area (Å²) < 4.78 is 5.36. The largest absolute Gasteiger partial charge is 0.444 e. The molecule has 2 heterocycles. The zero-order chi connectivity index (χ0) is 14.4. The van der Waals surface area contributed by atoms with Crippen LogP contribution in [-0.4, -0.2) is 29.1 Å². The number of carbonyl (C=O) groups is 1. The van der Waals surface area contributed by atoms with Gasteiger partial charge in [-0.05, 0) is 23.8 Å². The number of thiophene rings is 1. The number of aliphatic hydroxyl groups excluding tert-OH is 1. The van der Waals surface area contributed by atoms with Crippen molar-refractivity contribution >= 4 is 17.2 Å². The van der Waals surface area contributed by atoms with E-state index in [4.69, 9.17) is 9.52 Å². The summed E-state index contributed by atoms with van der Waals surface area (Å²) in [5.41, 5.74) is 0.626. The average Bonchev–Trinajstić information content (AvgIpc) is 3.07. The topological polar surface area (TPSA) is 75.4 Å². The van der Waals surface area contributed by atoms with E-state index in [0.717, 1.165) is 4.88 Å². The Hall–Kier alpha value is -1.66. The molecule has 0 saturated carbocycles. The summed E-state index contributed by atoms with van der Waals surface area (Å²) in [6.45, 7) is 2.70. The lowest BCUT2D eigenvalue weighted by Gasteiger charge is -2.10. The maximum absolute atomic E-state index is 11.8. The average molecular weight is 294 g/mol. The smallest absolute Gasteiger partial charge is 0.236 e. The molecule has 2 N–H and O–H groups in total. The Balaban J connectivity index is 1.83. The quantitative estimate of drug-likeness (QED) is 0.820. The third kappa shape index (κ3) is 4.18. The van der Waals surface area contributed by atoms with E-state index < -0.39 is 0 Å². The van der Waals surface area contributed by atoms with Gasteiger partial charge in [-0.2, -0.15) is 0 Å². The molecule has 20 heavy (non-hydrogen) atoms. The molecule has 0 aliphatic carbocycles. The lowest BCUT2D eigenvalue weighted by molar-refractivity contribution is -0.120. The van der Waals surface area contributed by atoms with E-state index in [9.17, 15) is 4.79 Å². The van der Waals surface area contributed by atoms with E-state index in [2.05, 4.69) is 10.3 Å². The second kappa shape index (κ2) is 7.21. The number of amides is 1. The van der Waals surface area contributed by atoms with Crippen LogP contribution < -0.4 is 5.32 Å². The molecule has 0 aromatic carbocycles. The first-order valence-electron chi connectivity index (χ1n) is 6.55. The van der Waals surface area contributed by atoms with Gasteiger partial charge < -0.3 is 14.8 Å². The number of oxazole rings is 1. The second-order valence-corrected chi connectivity index (χ2v) is 5.67. The van der Waals surface area contributed by atoms with Crippen molar-refractivity contribution in [2.75, 3.05) is 13.2 Å². The minimum atomic E-state index is -0.0826. The van der Waals surface area contributed by atoms with Gasteiger partial charge in [0.15, 0.2) is 0 Å². The van der Waals surface area contributed by atoms with Crippen molar-refractivity contribution in [3.63, 3.8) is 0 Å². The predicted octanol–water partition coefficient (Wildman–Crippen LogP) is 2.08. The fourth-order valence-corrected chi connectivity index (χ4v) is 2.39. The van der Waals surface area contributed by atoms with Crippen molar-refractivity contribution < 1.29 is 14.3 Å². The van der Waals surface area contributed by atoms with Crippen molar-refractivity contribution in [3.8, 4) is 10.8 Å². The van der Waals surface area contributed by atoms with Crippen LogP contribution in [0.5, 0.6) is 0 Å². The third-order valence-electron chi connectivity index (χ3n) is 2.89. The lowest BCUT2D eigenvalue weighted by atomic mass is 10.1. The van der Waals surface area contributed by atoms with Crippen LogP contribution in [0.4, 0.5) is 0 Å². The van der Waals surface area contributed by atoms with Gasteiger partial charge >= 0.3 is 0 Å². The van der Waals surface area contributed by atoms with Gasteiger partial charge in [0, 0.05) is 13.2 Å². The zero-order valence-electron chi connectivity index (χ0n) is 11.3. The van der Waals surface area contributed by atoms with E-state index >= 15 is 0 Å². The molecule has 1 atom stereocenters.